The van der Waals surface area contributed by atoms with Crippen molar-refractivity contribution in [2.24, 2.45) is 0 Å². The van der Waals surface area contributed by atoms with E-state index >= 15 is 0 Å². The maximum atomic E-state index is 14.2. The van der Waals surface area contributed by atoms with E-state index < -0.39 is 5.82 Å². The zero-order valence-corrected chi connectivity index (χ0v) is 22.2. The van der Waals surface area contributed by atoms with Crippen molar-refractivity contribution in [2.75, 3.05) is 56.7 Å². The van der Waals surface area contributed by atoms with Gasteiger partial charge in [0.05, 0.1) is 12.8 Å². The lowest BCUT2D eigenvalue weighted by atomic mass is 10.1. The summed E-state index contributed by atoms with van der Waals surface area (Å²) in [7, 11) is 3.59. The lowest BCUT2D eigenvalue weighted by Crippen LogP contribution is -2.42. The van der Waals surface area contributed by atoms with E-state index in [1.807, 2.05) is 41.1 Å². The molecule has 196 valence electrons. The standard InChI is InChI=1S/C28H39FN4O3/c1-21(2)31-13-7-14-33(22(3)34)27-18-24(29)11-10-23(27)20-32(17-16-31)28(35)12-15-30(4)25-8-6-9-26(19-25)36-5/h6,8-11,18-19,21H,7,12-17,20H2,1-5H3. The fraction of sp³-hybridized carbons (Fsp3) is 0.500. The number of halogens is 1. The van der Waals surface area contributed by atoms with Crippen LogP contribution < -0.4 is 14.5 Å². The molecule has 0 saturated carbocycles. The molecule has 0 unspecified atom stereocenters. The van der Waals surface area contributed by atoms with Crippen LogP contribution in [0.15, 0.2) is 42.5 Å². The van der Waals surface area contributed by atoms with Gasteiger partial charge in [0, 0.05) is 77.5 Å². The number of carbonyl (C=O) groups is 2. The summed E-state index contributed by atoms with van der Waals surface area (Å²) in [5.41, 5.74) is 2.30. The van der Waals surface area contributed by atoms with Gasteiger partial charge in [-0.2, -0.15) is 0 Å². The predicted molar refractivity (Wildman–Crippen MR) is 142 cm³/mol. The normalized spacial score (nSPS) is 15.3. The number of benzene rings is 2. The predicted octanol–water partition coefficient (Wildman–Crippen LogP) is 4.16. The van der Waals surface area contributed by atoms with E-state index in [-0.39, 0.29) is 11.8 Å². The Kier molecular flexibility index (Phi) is 9.70. The van der Waals surface area contributed by atoms with E-state index in [1.165, 1.54) is 19.1 Å². The number of methoxy groups -OCH3 is 1. The number of hydrogen-bond donors (Lipinski definition) is 0. The minimum absolute atomic E-state index is 0.0253. The molecule has 1 aliphatic rings. The molecule has 0 radical (unpaired) electrons. The Balaban J connectivity index is 1.83. The van der Waals surface area contributed by atoms with Gasteiger partial charge in [-0.05, 0) is 50.1 Å². The maximum Gasteiger partial charge on any atom is 0.224 e. The molecule has 2 aromatic carbocycles. The summed E-state index contributed by atoms with van der Waals surface area (Å²) in [6, 6.07) is 12.6. The summed E-state index contributed by atoms with van der Waals surface area (Å²) < 4.78 is 19.6. The van der Waals surface area contributed by atoms with Crippen LogP contribution in [0.5, 0.6) is 5.75 Å². The first kappa shape index (κ1) is 27.5. The number of fused-ring (bicyclic) bond motifs is 1. The Morgan fingerprint density at radius 2 is 1.86 bits per heavy atom. The Morgan fingerprint density at radius 3 is 2.56 bits per heavy atom. The van der Waals surface area contributed by atoms with Crippen LogP contribution in [0.2, 0.25) is 0 Å². The van der Waals surface area contributed by atoms with Gasteiger partial charge in [0.15, 0.2) is 0 Å². The molecule has 7 nitrogen and oxygen atoms in total. The molecular weight excluding hydrogens is 459 g/mol. The van der Waals surface area contributed by atoms with Gasteiger partial charge < -0.3 is 19.4 Å². The molecule has 0 N–H and O–H groups in total. The number of amides is 2. The van der Waals surface area contributed by atoms with Crippen LogP contribution in [-0.2, 0) is 16.1 Å². The Hall–Kier alpha value is -3.13. The Morgan fingerprint density at radius 1 is 1.08 bits per heavy atom. The van der Waals surface area contributed by atoms with Gasteiger partial charge in [0.1, 0.15) is 11.6 Å². The molecular formula is C28H39FN4O3. The van der Waals surface area contributed by atoms with Crippen LogP contribution in [-0.4, -0.2) is 74.5 Å². The second kappa shape index (κ2) is 12.7. The van der Waals surface area contributed by atoms with E-state index in [2.05, 4.69) is 18.7 Å². The van der Waals surface area contributed by atoms with E-state index in [4.69, 9.17) is 4.74 Å². The fourth-order valence-electron chi connectivity index (χ4n) is 4.57. The highest BCUT2D eigenvalue weighted by atomic mass is 19.1. The van der Waals surface area contributed by atoms with E-state index in [9.17, 15) is 14.0 Å². The summed E-state index contributed by atoms with van der Waals surface area (Å²) in [5.74, 6) is 0.272. The van der Waals surface area contributed by atoms with Gasteiger partial charge in [0.2, 0.25) is 11.8 Å². The second-order valence-corrected chi connectivity index (χ2v) is 9.62. The summed E-state index contributed by atoms with van der Waals surface area (Å²) in [6.45, 7) is 9.28. The van der Waals surface area contributed by atoms with Crippen molar-refractivity contribution in [3.8, 4) is 5.75 Å². The smallest absolute Gasteiger partial charge is 0.224 e. The zero-order chi connectivity index (χ0) is 26.2. The van der Waals surface area contributed by atoms with Gasteiger partial charge in [0.25, 0.3) is 0 Å². The van der Waals surface area contributed by atoms with Gasteiger partial charge in [-0.25, -0.2) is 4.39 Å². The monoisotopic (exact) mass is 498 g/mol. The first-order valence-corrected chi connectivity index (χ1v) is 12.6. The molecule has 0 saturated heterocycles. The van der Waals surface area contributed by atoms with Gasteiger partial charge in [-0.1, -0.05) is 12.1 Å². The van der Waals surface area contributed by atoms with Crippen LogP contribution in [0, 0.1) is 5.82 Å². The third-order valence-corrected chi connectivity index (χ3v) is 6.80. The number of ether oxygens (including phenoxy) is 1. The molecule has 0 atom stereocenters. The topological polar surface area (TPSA) is 56.3 Å². The van der Waals surface area contributed by atoms with E-state index in [0.717, 1.165) is 36.5 Å². The van der Waals surface area contributed by atoms with Crippen LogP contribution in [0.4, 0.5) is 15.8 Å². The molecule has 3 rings (SSSR count). The molecule has 0 fully saturated rings. The number of anilines is 2. The SMILES string of the molecule is COc1cccc(N(C)CCC(=O)N2CCN(C(C)C)CCCN(C(C)=O)c3cc(F)ccc3C2)c1. The molecule has 0 spiro atoms. The van der Waals surface area contributed by atoms with Crippen molar-refractivity contribution in [3.05, 3.63) is 53.8 Å². The highest BCUT2D eigenvalue weighted by Gasteiger charge is 2.23. The third-order valence-electron chi connectivity index (χ3n) is 6.80. The summed E-state index contributed by atoms with van der Waals surface area (Å²) in [4.78, 5) is 33.8. The minimum Gasteiger partial charge on any atom is -0.497 e. The number of carbonyl (C=O) groups excluding carboxylic acids is 2. The molecule has 0 aromatic heterocycles. The van der Waals surface area contributed by atoms with Gasteiger partial charge in [-0.3, -0.25) is 14.5 Å². The average molecular weight is 499 g/mol. The molecule has 1 heterocycles. The van der Waals surface area contributed by atoms with Crippen molar-refractivity contribution >= 4 is 23.2 Å². The van der Waals surface area contributed by atoms with Crippen LogP contribution in [0.1, 0.15) is 39.2 Å². The third kappa shape index (κ3) is 7.20. The highest BCUT2D eigenvalue weighted by Crippen LogP contribution is 2.26. The van der Waals surface area contributed by atoms with E-state index in [1.54, 1.807) is 18.1 Å². The quantitative estimate of drug-likeness (QED) is 0.599. The van der Waals surface area contributed by atoms with Crippen LogP contribution in [0.3, 0.4) is 0 Å². The minimum atomic E-state index is -0.392. The molecule has 2 amide bonds. The van der Waals surface area contributed by atoms with Crippen LogP contribution >= 0.6 is 0 Å². The van der Waals surface area contributed by atoms with Crippen molar-refractivity contribution in [1.82, 2.24) is 9.80 Å². The van der Waals surface area contributed by atoms with Gasteiger partial charge in [-0.15, -0.1) is 0 Å². The molecule has 2 aromatic rings. The number of nitrogens with zero attached hydrogens (tertiary/aromatic N) is 4. The first-order chi connectivity index (χ1) is 17.2. The van der Waals surface area contributed by atoms with Crippen molar-refractivity contribution < 1.29 is 18.7 Å². The van der Waals surface area contributed by atoms with Crippen molar-refractivity contribution in [2.45, 2.75) is 46.2 Å². The largest absolute Gasteiger partial charge is 0.497 e. The number of rotatable bonds is 6. The molecule has 36 heavy (non-hydrogen) atoms. The second-order valence-electron chi connectivity index (χ2n) is 9.62. The lowest BCUT2D eigenvalue weighted by Gasteiger charge is -2.30. The lowest BCUT2D eigenvalue weighted by molar-refractivity contribution is -0.132. The number of hydrogen-bond acceptors (Lipinski definition) is 5. The first-order valence-electron chi connectivity index (χ1n) is 12.6. The summed E-state index contributed by atoms with van der Waals surface area (Å²) in [5, 5.41) is 0. The maximum absolute atomic E-state index is 14.2. The molecule has 1 aliphatic heterocycles. The van der Waals surface area contributed by atoms with Crippen LogP contribution in [0.25, 0.3) is 0 Å². The zero-order valence-electron chi connectivity index (χ0n) is 22.2. The highest BCUT2D eigenvalue weighted by molar-refractivity contribution is 5.92. The van der Waals surface area contributed by atoms with Crippen molar-refractivity contribution in [3.63, 3.8) is 0 Å². The Labute approximate surface area is 214 Å². The van der Waals surface area contributed by atoms with Crippen molar-refractivity contribution in [1.29, 1.82) is 0 Å². The van der Waals surface area contributed by atoms with E-state index in [0.29, 0.717) is 44.3 Å². The van der Waals surface area contributed by atoms with Gasteiger partial charge >= 0.3 is 0 Å². The molecule has 0 aliphatic carbocycles. The molecule has 0 bridgehead atoms. The Bertz CT molecular complexity index is 1050. The molecule has 8 heteroatoms. The average Bonchev–Trinajstić information content (AvgIpc) is 2.89. The summed E-state index contributed by atoms with van der Waals surface area (Å²) >= 11 is 0. The summed E-state index contributed by atoms with van der Waals surface area (Å²) in [6.07, 6.45) is 1.11. The fourth-order valence-corrected chi connectivity index (χ4v) is 4.57.